The van der Waals surface area contributed by atoms with E-state index in [-0.39, 0.29) is 21.9 Å². The number of sulfone groups is 1. The smallest absolute Gasteiger partial charge is 0.266 e. The summed E-state index contributed by atoms with van der Waals surface area (Å²) in [6.45, 7) is 1.56. The van der Waals surface area contributed by atoms with Crippen molar-refractivity contribution >= 4 is 9.84 Å². The van der Waals surface area contributed by atoms with Gasteiger partial charge in [-0.15, -0.1) is 0 Å². The molecule has 0 saturated heterocycles. The van der Waals surface area contributed by atoms with Crippen LogP contribution in [0.25, 0.3) is 11.4 Å². The fourth-order valence-electron chi connectivity index (χ4n) is 1.46. The SMILES string of the molecule is CCS(=O)(=O)c1cccnc1-c1c[nH]c(=O)cn1. The molecule has 18 heavy (non-hydrogen) atoms. The van der Waals surface area contributed by atoms with Crippen molar-refractivity contribution in [1.29, 1.82) is 0 Å². The van der Waals surface area contributed by atoms with E-state index in [1.807, 2.05) is 0 Å². The number of pyridine rings is 1. The number of aromatic nitrogens is 3. The first-order valence-corrected chi connectivity index (χ1v) is 6.92. The molecule has 0 atom stereocenters. The summed E-state index contributed by atoms with van der Waals surface area (Å²) in [5, 5.41) is 0. The standard InChI is InChI=1S/C11H11N3O3S/c1-2-18(16,17)9-4-3-5-12-11(9)8-6-14-10(15)7-13-8/h3-7H,2H2,1H3,(H,14,15). The van der Waals surface area contributed by atoms with Gasteiger partial charge in [-0.2, -0.15) is 0 Å². The molecule has 0 fully saturated rings. The zero-order valence-corrected chi connectivity index (χ0v) is 10.4. The van der Waals surface area contributed by atoms with Gasteiger partial charge in [0.1, 0.15) is 11.4 Å². The molecule has 7 heteroatoms. The minimum absolute atomic E-state index is 0.0188. The average Bonchev–Trinajstić information content (AvgIpc) is 2.40. The van der Waals surface area contributed by atoms with Gasteiger partial charge in [0.15, 0.2) is 9.84 Å². The van der Waals surface area contributed by atoms with Crippen LogP contribution >= 0.6 is 0 Å². The third-order valence-electron chi connectivity index (χ3n) is 2.40. The second kappa shape index (κ2) is 4.69. The Balaban J connectivity index is 2.66. The van der Waals surface area contributed by atoms with E-state index in [0.29, 0.717) is 5.69 Å². The van der Waals surface area contributed by atoms with Crippen LogP contribution in [0, 0.1) is 0 Å². The third-order valence-corrected chi connectivity index (χ3v) is 4.16. The summed E-state index contributed by atoms with van der Waals surface area (Å²) in [5.74, 6) is -0.0188. The Labute approximate surface area is 104 Å². The monoisotopic (exact) mass is 265 g/mol. The zero-order chi connectivity index (χ0) is 13.2. The van der Waals surface area contributed by atoms with Gasteiger partial charge in [0, 0.05) is 12.4 Å². The first kappa shape index (κ1) is 12.4. The topological polar surface area (TPSA) is 92.8 Å². The summed E-state index contributed by atoms with van der Waals surface area (Å²) in [4.78, 5) is 21.4. The van der Waals surface area contributed by atoms with Crippen molar-refractivity contribution in [2.24, 2.45) is 0 Å². The lowest BCUT2D eigenvalue weighted by atomic mass is 10.3. The van der Waals surface area contributed by atoms with Gasteiger partial charge >= 0.3 is 0 Å². The number of hydrogen-bond acceptors (Lipinski definition) is 5. The molecule has 0 aromatic carbocycles. The molecule has 0 amide bonds. The molecule has 0 aliphatic carbocycles. The lowest BCUT2D eigenvalue weighted by Gasteiger charge is -2.06. The summed E-state index contributed by atoms with van der Waals surface area (Å²) in [7, 11) is -3.38. The second-order valence-electron chi connectivity index (χ2n) is 3.55. The summed E-state index contributed by atoms with van der Waals surface area (Å²) < 4.78 is 23.8. The maximum absolute atomic E-state index is 11.9. The third kappa shape index (κ3) is 2.30. The molecule has 2 aromatic heterocycles. The van der Waals surface area contributed by atoms with Crippen molar-refractivity contribution in [2.45, 2.75) is 11.8 Å². The fourth-order valence-corrected chi connectivity index (χ4v) is 2.51. The molecule has 0 unspecified atom stereocenters. The highest BCUT2D eigenvalue weighted by Crippen LogP contribution is 2.22. The van der Waals surface area contributed by atoms with E-state index in [0.717, 1.165) is 6.20 Å². The molecule has 0 saturated carbocycles. The van der Waals surface area contributed by atoms with Crippen LogP contribution in [0.5, 0.6) is 0 Å². The number of aromatic amines is 1. The van der Waals surface area contributed by atoms with Gasteiger partial charge in [-0.25, -0.2) is 13.4 Å². The van der Waals surface area contributed by atoms with Crippen molar-refractivity contribution in [1.82, 2.24) is 15.0 Å². The molecule has 0 radical (unpaired) electrons. The van der Waals surface area contributed by atoms with Crippen molar-refractivity contribution in [2.75, 3.05) is 5.75 Å². The van der Waals surface area contributed by atoms with Crippen LogP contribution in [0.1, 0.15) is 6.92 Å². The van der Waals surface area contributed by atoms with Gasteiger partial charge in [0.2, 0.25) is 0 Å². The first-order chi connectivity index (χ1) is 8.54. The van der Waals surface area contributed by atoms with Crippen LogP contribution in [-0.2, 0) is 9.84 Å². The minimum atomic E-state index is -3.38. The van der Waals surface area contributed by atoms with Gasteiger partial charge in [0.05, 0.1) is 16.8 Å². The van der Waals surface area contributed by atoms with Crippen molar-refractivity contribution in [3.05, 3.63) is 41.1 Å². The normalized spacial score (nSPS) is 11.4. The fraction of sp³-hybridized carbons (Fsp3) is 0.182. The van der Waals surface area contributed by atoms with Crippen LogP contribution in [0.2, 0.25) is 0 Å². The lowest BCUT2D eigenvalue weighted by Crippen LogP contribution is -2.09. The highest BCUT2D eigenvalue weighted by Gasteiger charge is 2.19. The van der Waals surface area contributed by atoms with E-state index in [4.69, 9.17) is 0 Å². The molecular formula is C11H11N3O3S. The molecule has 0 spiro atoms. The Morgan fingerprint density at radius 1 is 1.33 bits per heavy atom. The number of rotatable bonds is 3. The first-order valence-electron chi connectivity index (χ1n) is 5.27. The van der Waals surface area contributed by atoms with Gasteiger partial charge in [-0.1, -0.05) is 6.92 Å². The Bertz CT molecular complexity index is 702. The Morgan fingerprint density at radius 3 is 2.72 bits per heavy atom. The van der Waals surface area contributed by atoms with Crippen molar-refractivity contribution in [3.8, 4) is 11.4 Å². The van der Waals surface area contributed by atoms with E-state index in [9.17, 15) is 13.2 Å². The minimum Gasteiger partial charge on any atom is -0.326 e. The summed E-state index contributed by atoms with van der Waals surface area (Å²) >= 11 is 0. The van der Waals surface area contributed by atoms with Gasteiger partial charge in [-0.3, -0.25) is 9.78 Å². The van der Waals surface area contributed by atoms with E-state index < -0.39 is 9.84 Å². The van der Waals surface area contributed by atoms with E-state index in [1.54, 1.807) is 13.0 Å². The zero-order valence-electron chi connectivity index (χ0n) is 9.62. The number of nitrogens with zero attached hydrogens (tertiary/aromatic N) is 2. The summed E-state index contributed by atoms with van der Waals surface area (Å²) in [5.41, 5.74) is 0.215. The molecule has 2 rings (SSSR count). The summed E-state index contributed by atoms with van der Waals surface area (Å²) in [6, 6.07) is 3.03. The molecule has 0 aliphatic heterocycles. The summed E-state index contributed by atoms with van der Waals surface area (Å²) in [6.07, 6.45) is 3.92. The predicted octanol–water partition coefficient (Wildman–Crippen LogP) is 0.625. The van der Waals surface area contributed by atoms with Crippen LogP contribution in [0.3, 0.4) is 0 Å². The predicted molar refractivity (Wildman–Crippen MR) is 65.8 cm³/mol. The van der Waals surface area contributed by atoms with E-state index in [2.05, 4.69) is 15.0 Å². The Morgan fingerprint density at radius 2 is 2.11 bits per heavy atom. The molecule has 0 aliphatic rings. The number of nitrogens with one attached hydrogen (secondary N) is 1. The van der Waals surface area contributed by atoms with Crippen LogP contribution in [-0.4, -0.2) is 29.1 Å². The molecule has 2 heterocycles. The van der Waals surface area contributed by atoms with Crippen LogP contribution in [0.15, 0.2) is 40.4 Å². The van der Waals surface area contributed by atoms with Crippen LogP contribution < -0.4 is 5.56 Å². The molecular weight excluding hydrogens is 254 g/mol. The quantitative estimate of drug-likeness (QED) is 0.878. The maximum Gasteiger partial charge on any atom is 0.266 e. The molecule has 94 valence electrons. The van der Waals surface area contributed by atoms with Crippen molar-refractivity contribution < 1.29 is 8.42 Å². The lowest BCUT2D eigenvalue weighted by molar-refractivity contribution is 0.597. The Kier molecular flexibility index (Phi) is 3.24. The molecule has 0 bridgehead atoms. The molecule has 6 nitrogen and oxygen atoms in total. The van der Waals surface area contributed by atoms with Gasteiger partial charge in [0.25, 0.3) is 5.56 Å². The van der Waals surface area contributed by atoms with Gasteiger partial charge in [-0.05, 0) is 12.1 Å². The second-order valence-corrected chi connectivity index (χ2v) is 5.80. The number of hydrogen-bond donors (Lipinski definition) is 1. The molecule has 1 N–H and O–H groups in total. The highest BCUT2D eigenvalue weighted by molar-refractivity contribution is 7.91. The molecule has 2 aromatic rings. The van der Waals surface area contributed by atoms with E-state index in [1.165, 1.54) is 18.5 Å². The maximum atomic E-state index is 11.9. The number of H-pyrrole nitrogens is 1. The van der Waals surface area contributed by atoms with Gasteiger partial charge < -0.3 is 4.98 Å². The van der Waals surface area contributed by atoms with Crippen LogP contribution in [0.4, 0.5) is 0 Å². The largest absolute Gasteiger partial charge is 0.326 e. The van der Waals surface area contributed by atoms with Crippen molar-refractivity contribution in [3.63, 3.8) is 0 Å². The Hall–Kier alpha value is -2.02. The van der Waals surface area contributed by atoms with E-state index >= 15 is 0 Å². The highest BCUT2D eigenvalue weighted by atomic mass is 32.2. The average molecular weight is 265 g/mol.